The van der Waals surface area contributed by atoms with Crippen molar-refractivity contribution in [1.29, 1.82) is 0 Å². The molecule has 0 radical (unpaired) electrons. The van der Waals surface area contributed by atoms with Crippen LogP contribution in [0.5, 0.6) is 0 Å². The molecule has 0 spiro atoms. The highest BCUT2D eigenvalue weighted by atomic mass is 16.6. The Balaban J connectivity index is 1.56. The van der Waals surface area contributed by atoms with Crippen LogP contribution < -0.4 is 0 Å². The number of esters is 2. The number of ketones is 1. The predicted molar refractivity (Wildman–Crippen MR) is 152 cm³/mol. The van der Waals surface area contributed by atoms with E-state index in [2.05, 4.69) is 24.3 Å². The number of Topliss-reactive ketones (excluding diaryl/α,β-unsaturated/α-hetero) is 1. The van der Waals surface area contributed by atoms with Crippen molar-refractivity contribution in [3.63, 3.8) is 0 Å². The second-order valence-corrected chi connectivity index (χ2v) is 11.7. The second kappa shape index (κ2) is 14.2. The van der Waals surface area contributed by atoms with Crippen LogP contribution in [0.4, 0.5) is 0 Å². The monoisotopic (exact) mass is 554 g/mol. The summed E-state index contributed by atoms with van der Waals surface area (Å²) in [6.07, 6.45) is 25.0. The van der Waals surface area contributed by atoms with Gasteiger partial charge in [0.25, 0.3) is 0 Å². The molecule has 0 bridgehead atoms. The SMILES string of the molecule is CC(=O)OCCOC1=CCC(C(=O)C2(C3CCCCC3)C=CC(OCCOC(C)=O)=CC2)(C2CCCCC2)C=C1. The van der Waals surface area contributed by atoms with E-state index in [-0.39, 0.29) is 25.2 Å². The Kier molecular flexibility index (Phi) is 10.7. The van der Waals surface area contributed by atoms with Crippen molar-refractivity contribution >= 4 is 17.7 Å². The van der Waals surface area contributed by atoms with E-state index >= 15 is 4.79 Å². The van der Waals surface area contributed by atoms with Crippen molar-refractivity contribution in [3.8, 4) is 0 Å². The molecule has 2 saturated carbocycles. The van der Waals surface area contributed by atoms with Crippen molar-refractivity contribution in [2.45, 2.75) is 90.9 Å². The summed E-state index contributed by atoms with van der Waals surface area (Å²) in [6, 6.07) is 0. The first-order valence-corrected chi connectivity index (χ1v) is 15.2. The van der Waals surface area contributed by atoms with Crippen molar-refractivity contribution in [1.82, 2.24) is 0 Å². The molecule has 40 heavy (non-hydrogen) atoms. The van der Waals surface area contributed by atoms with E-state index in [9.17, 15) is 9.59 Å². The van der Waals surface area contributed by atoms with Gasteiger partial charge >= 0.3 is 11.9 Å². The van der Waals surface area contributed by atoms with Gasteiger partial charge in [0.1, 0.15) is 37.9 Å². The maximum atomic E-state index is 15.1. The van der Waals surface area contributed by atoms with E-state index in [0.29, 0.717) is 43.7 Å². The average Bonchev–Trinajstić information content (AvgIpc) is 2.98. The molecule has 2 unspecified atom stereocenters. The first-order valence-electron chi connectivity index (χ1n) is 15.2. The van der Waals surface area contributed by atoms with E-state index < -0.39 is 10.8 Å². The molecule has 7 nitrogen and oxygen atoms in total. The van der Waals surface area contributed by atoms with Crippen LogP contribution in [-0.4, -0.2) is 44.1 Å². The van der Waals surface area contributed by atoms with Crippen LogP contribution >= 0.6 is 0 Å². The molecule has 0 aliphatic heterocycles. The quantitative estimate of drug-likeness (QED) is 0.200. The van der Waals surface area contributed by atoms with Gasteiger partial charge in [-0.25, -0.2) is 0 Å². The molecule has 0 saturated heterocycles. The van der Waals surface area contributed by atoms with E-state index in [1.165, 1.54) is 26.7 Å². The largest absolute Gasteiger partial charge is 0.490 e. The van der Waals surface area contributed by atoms with E-state index in [1.54, 1.807) is 0 Å². The van der Waals surface area contributed by atoms with Gasteiger partial charge in [0.05, 0.1) is 10.8 Å². The van der Waals surface area contributed by atoms with E-state index in [4.69, 9.17) is 18.9 Å². The van der Waals surface area contributed by atoms with Crippen molar-refractivity contribution in [2.75, 3.05) is 26.4 Å². The average molecular weight is 555 g/mol. The van der Waals surface area contributed by atoms with Crippen LogP contribution in [0.2, 0.25) is 0 Å². The highest BCUT2D eigenvalue weighted by Crippen LogP contribution is 2.55. The number of hydrogen-bond donors (Lipinski definition) is 0. The maximum Gasteiger partial charge on any atom is 0.302 e. The molecule has 2 fully saturated rings. The third-order valence-electron chi connectivity index (χ3n) is 9.20. The lowest BCUT2D eigenvalue weighted by Crippen LogP contribution is -2.51. The van der Waals surface area contributed by atoms with Gasteiger partial charge in [0.15, 0.2) is 5.78 Å². The fourth-order valence-electron chi connectivity index (χ4n) is 7.16. The summed E-state index contributed by atoms with van der Waals surface area (Å²) >= 11 is 0. The Morgan fingerprint density at radius 3 is 1.38 bits per heavy atom. The number of allylic oxidation sites excluding steroid dienone is 6. The van der Waals surface area contributed by atoms with E-state index in [0.717, 1.165) is 62.9 Å². The number of hydrogen-bond acceptors (Lipinski definition) is 7. The molecule has 4 aliphatic carbocycles. The van der Waals surface area contributed by atoms with Crippen LogP contribution in [0.25, 0.3) is 0 Å². The molecule has 4 rings (SSSR count). The highest BCUT2D eigenvalue weighted by molar-refractivity contribution is 5.95. The van der Waals surface area contributed by atoms with Crippen LogP contribution in [0.3, 0.4) is 0 Å². The zero-order chi connectivity index (χ0) is 28.4. The van der Waals surface area contributed by atoms with E-state index in [1.807, 2.05) is 12.2 Å². The van der Waals surface area contributed by atoms with Gasteiger partial charge < -0.3 is 18.9 Å². The second-order valence-electron chi connectivity index (χ2n) is 11.7. The molecular formula is C33H46O7. The summed E-state index contributed by atoms with van der Waals surface area (Å²) in [5.41, 5.74) is -1.13. The summed E-state index contributed by atoms with van der Waals surface area (Å²) in [5.74, 6) is 1.79. The van der Waals surface area contributed by atoms with Gasteiger partial charge in [-0.1, -0.05) is 50.7 Å². The zero-order valence-electron chi connectivity index (χ0n) is 24.3. The molecule has 0 N–H and O–H groups in total. The standard InChI is InChI=1S/C33H46O7/c1-25(34)37-21-23-39-29-13-17-32(18-14-29,27-9-5-3-6-10-27)31(36)33(28-11-7-4-8-12-28)19-15-30(16-20-33)40-24-22-38-26(2)35/h13-17,19,27-28H,3-12,18,20-24H2,1-2H3. The normalized spacial score (nSPS) is 27.4. The lowest BCUT2D eigenvalue weighted by molar-refractivity contribution is -0.142. The number of carbonyl (C=O) groups excluding carboxylic acids is 3. The lowest BCUT2D eigenvalue weighted by atomic mass is 9.53. The maximum absolute atomic E-state index is 15.1. The van der Waals surface area contributed by atoms with Gasteiger partial charge in [-0.05, 0) is 74.7 Å². The van der Waals surface area contributed by atoms with Gasteiger partial charge in [-0.2, -0.15) is 0 Å². The molecule has 0 aromatic carbocycles. The molecule has 0 amide bonds. The Morgan fingerprint density at radius 2 is 1.05 bits per heavy atom. The fraction of sp³-hybridized carbons (Fsp3) is 0.667. The first kappa shape index (κ1) is 30.1. The Morgan fingerprint density at radius 1 is 0.650 bits per heavy atom. The Bertz CT molecular complexity index is 945. The molecular weight excluding hydrogens is 508 g/mol. The molecule has 2 atom stereocenters. The van der Waals surface area contributed by atoms with Crippen molar-refractivity contribution in [2.24, 2.45) is 22.7 Å². The van der Waals surface area contributed by atoms with Crippen molar-refractivity contribution in [3.05, 3.63) is 48.0 Å². The zero-order valence-corrected chi connectivity index (χ0v) is 24.3. The molecule has 0 heterocycles. The summed E-state index contributed by atoms with van der Waals surface area (Å²) in [7, 11) is 0. The van der Waals surface area contributed by atoms with Crippen LogP contribution in [0.15, 0.2) is 48.0 Å². The van der Waals surface area contributed by atoms with Gasteiger partial charge in [-0.15, -0.1) is 0 Å². The summed E-state index contributed by atoms with van der Waals surface area (Å²) in [4.78, 5) is 37.3. The smallest absolute Gasteiger partial charge is 0.302 e. The fourth-order valence-corrected chi connectivity index (χ4v) is 7.16. The lowest BCUT2D eigenvalue weighted by Gasteiger charge is -2.49. The van der Waals surface area contributed by atoms with Gasteiger partial charge in [0, 0.05) is 13.8 Å². The summed E-state index contributed by atoms with van der Waals surface area (Å²) in [5, 5.41) is 0. The number of ether oxygens (including phenoxy) is 4. The minimum atomic E-state index is -0.563. The number of carbonyl (C=O) groups is 3. The predicted octanol–water partition coefficient (Wildman–Crippen LogP) is 6.54. The molecule has 7 heteroatoms. The third-order valence-corrected chi connectivity index (χ3v) is 9.20. The molecule has 4 aliphatic rings. The summed E-state index contributed by atoms with van der Waals surface area (Å²) in [6.45, 7) is 3.78. The topological polar surface area (TPSA) is 88.1 Å². The first-order chi connectivity index (χ1) is 19.4. The molecule has 0 aromatic heterocycles. The minimum absolute atomic E-state index is 0.209. The van der Waals surface area contributed by atoms with Crippen LogP contribution in [0.1, 0.15) is 90.9 Å². The van der Waals surface area contributed by atoms with Gasteiger partial charge in [-0.3, -0.25) is 14.4 Å². The molecule has 0 aromatic rings. The Labute approximate surface area is 239 Å². The van der Waals surface area contributed by atoms with Crippen LogP contribution in [0, 0.1) is 22.7 Å². The summed E-state index contributed by atoms with van der Waals surface area (Å²) < 4.78 is 21.7. The Hall–Kier alpha value is -2.83. The molecule has 220 valence electrons. The van der Waals surface area contributed by atoms with Crippen molar-refractivity contribution < 1.29 is 33.3 Å². The van der Waals surface area contributed by atoms with Gasteiger partial charge in [0.2, 0.25) is 0 Å². The minimum Gasteiger partial charge on any atom is -0.490 e. The highest BCUT2D eigenvalue weighted by Gasteiger charge is 2.54. The van der Waals surface area contributed by atoms with Crippen LogP contribution in [-0.2, 0) is 33.3 Å². The third kappa shape index (κ3) is 7.27. The number of rotatable bonds is 12.